The molecular formula is C22H27N3O3. The first-order valence-corrected chi connectivity index (χ1v) is 9.98. The summed E-state index contributed by atoms with van der Waals surface area (Å²) in [6.45, 7) is 7.31. The van der Waals surface area contributed by atoms with Gasteiger partial charge in [-0.3, -0.25) is 9.59 Å². The Morgan fingerprint density at radius 1 is 1.14 bits per heavy atom. The second kappa shape index (κ2) is 7.70. The predicted octanol–water partition coefficient (Wildman–Crippen LogP) is 2.84. The highest BCUT2D eigenvalue weighted by atomic mass is 16.3. The van der Waals surface area contributed by atoms with Crippen LogP contribution in [0.15, 0.2) is 35.0 Å². The minimum Gasteiger partial charge on any atom is -0.467 e. The monoisotopic (exact) mass is 381 g/mol. The Morgan fingerprint density at radius 2 is 1.86 bits per heavy atom. The molecule has 0 bridgehead atoms. The summed E-state index contributed by atoms with van der Waals surface area (Å²) in [6.07, 6.45) is 7.28. The molecule has 2 amide bonds. The van der Waals surface area contributed by atoms with Crippen molar-refractivity contribution in [1.29, 1.82) is 0 Å². The molecule has 0 spiro atoms. The molecule has 1 aliphatic heterocycles. The van der Waals surface area contributed by atoms with Crippen molar-refractivity contribution in [2.45, 2.75) is 33.2 Å². The van der Waals surface area contributed by atoms with E-state index in [9.17, 15) is 9.59 Å². The molecule has 6 heteroatoms. The summed E-state index contributed by atoms with van der Waals surface area (Å²) in [5.74, 6) is 1.44. The lowest BCUT2D eigenvalue weighted by Gasteiger charge is -2.34. The van der Waals surface area contributed by atoms with E-state index in [1.54, 1.807) is 12.3 Å². The summed E-state index contributed by atoms with van der Waals surface area (Å²) in [5.41, 5.74) is 3.28. The topological polar surface area (TPSA) is 58.7 Å². The number of aryl methyl sites for hydroxylation is 1. The van der Waals surface area contributed by atoms with Gasteiger partial charge < -0.3 is 18.8 Å². The fraction of sp³-hybridized carbons (Fsp3) is 0.455. The van der Waals surface area contributed by atoms with Crippen LogP contribution >= 0.6 is 0 Å². The van der Waals surface area contributed by atoms with Crippen LogP contribution in [0, 0.1) is 19.8 Å². The first kappa shape index (κ1) is 18.6. The number of amides is 2. The van der Waals surface area contributed by atoms with Crippen LogP contribution in [0.25, 0.3) is 6.08 Å². The van der Waals surface area contributed by atoms with Crippen molar-refractivity contribution in [3.8, 4) is 0 Å². The lowest BCUT2D eigenvalue weighted by molar-refractivity contribution is -0.138. The van der Waals surface area contributed by atoms with Gasteiger partial charge in [0.2, 0.25) is 11.8 Å². The highest BCUT2D eigenvalue weighted by Gasteiger charge is 2.34. The van der Waals surface area contributed by atoms with Crippen molar-refractivity contribution in [3.05, 3.63) is 53.2 Å². The van der Waals surface area contributed by atoms with Gasteiger partial charge in [0.05, 0.1) is 12.8 Å². The average molecular weight is 381 g/mol. The Kier molecular flexibility index (Phi) is 5.11. The van der Waals surface area contributed by atoms with Gasteiger partial charge in [0.1, 0.15) is 5.76 Å². The minimum absolute atomic E-state index is 0.00867. The van der Waals surface area contributed by atoms with Gasteiger partial charge in [0, 0.05) is 49.6 Å². The Balaban J connectivity index is 1.36. The molecule has 0 unspecified atom stereocenters. The van der Waals surface area contributed by atoms with Gasteiger partial charge in [-0.2, -0.15) is 0 Å². The van der Waals surface area contributed by atoms with Crippen LogP contribution in [0.1, 0.15) is 35.6 Å². The van der Waals surface area contributed by atoms with E-state index in [0.717, 1.165) is 35.6 Å². The van der Waals surface area contributed by atoms with Crippen LogP contribution < -0.4 is 0 Å². The molecule has 0 atom stereocenters. The summed E-state index contributed by atoms with van der Waals surface area (Å²) in [6, 6.07) is 5.95. The number of piperazine rings is 1. The SMILES string of the molecule is Cc1cc(/C=C/C(=O)N2CCN(C(=O)C3CC3)CC2)c(C)n1Cc1ccco1. The molecule has 0 radical (unpaired) electrons. The third-order valence-corrected chi connectivity index (χ3v) is 5.74. The van der Waals surface area contributed by atoms with E-state index in [4.69, 9.17) is 4.42 Å². The number of hydrogen-bond donors (Lipinski definition) is 0. The number of carbonyl (C=O) groups is 2. The quantitative estimate of drug-likeness (QED) is 0.749. The van der Waals surface area contributed by atoms with E-state index in [1.165, 1.54) is 0 Å². The van der Waals surface area contributed by atoms with E-state index in [0.29, 0.717) is 32.7 Å². The summed E-state index contributed by atoms with van der Waals surface area (Å²) < 4.78 is 7.64. The first-order valence-electron chi connectivity index (χ1n) is 9.98. The lowest BCUT2D eigenvalue weighted by atomic mass is 10.2. The van der Waals surface area contributed by atoms with Crippen LogP contribution in [0.4, 0.5) is 0 Å². The van der Waals surface area contributed by atoms with Crippen molar-refractivity contribution < 1.29 is 14.0 Å². The second-order valence-electron chi connectivity index (χ2n) is 7.75. The lowest BCUT2D eigenvalue weighted by Crippen LogP contribution is -2.50. The molecule has 28 heavy (non-hydrogen) atoms. The van der Waals surface area contributed by atoms with Gasteiger partial charge in [0.15, 0.2) is 0 Å². The summed E-state index contributed by atoms with van der Waals surface area (Å²) >= 11 is 0. The number of furan rings is 1. The Bertz CT molecular complexity index is 883. The van der Waals surface area contributed by atoms with Crippen molar-refractivity contribution in [1.82, 2.24) is 14.4 Å². The largest absolute Gasteiger partial charge is 0.467 e. The summed E-state index contributed by atoms with van der Waals surface area (Å²) in [5, 5.41) is 0. The van der Waals surface area contributed by atoms with E-state index >= 15 is 0 Å². The molecule has 1 saturated carbocycles. The maximum Gasteiger partial charge on any atom is 0.246 e. The standard InChI is InChI=1S/C22H27N3O3/c1-16-14-19(17(2)25(16)15-20-4-3-13-28-20)7-8-21(26)23-9-11-24(12-10-23)22(27)18-5-6-18/h3-4,7-8,13-14,18H,5-6,9-12,15H2,1-2H3/b8-7+. The zero-order valence-corrected chi connectivity index (χ0v) is 16.6. The van der Waals surface area contributed by atoms with Gasteiger partial charge in [-0.15, -0.1) is 0 Å². The second-order valence-corrected chi connectivity index (χ2v) is 7.75. The third-order valence-electron chi connectivity index (χ3n) is 5.74. The molecule has 3 heterocycles. The van der Waals surface area contributed by atoms with Crippen molar-refractivity contribution in [2.75, 3.05) is 26.2 Å². The van der Waals surface area contributed by atoms with Crippen LogP contribution in [0.3, 0.4) is 0 Å². The Morgan fingerprint density at radius 3 is 2.50 bits per heavy atom. The highest BCUT2D eigenvalue weighted by molar-refractivity contribution is 5.92. The van der Waals surface area contributed by atoms with Gasteiger partial charge >= 0.3 is 0 Å². The molecule has 1 saturated heterocycles. The molecule has 4 rings (SSSR count). The third kappa shape index (κ3) is 3.91. The van der Waals surface area contributed by atoms with Crippen LogP contribution in [-0.4, -0.2) is 52.4 Å². The molecule has 148 valence electrons. The molecular weight excluding hydrogens is 354 g/mol. The van der Waals surface area contributed by atoms with Crippen LogP contribution in [-0.2, 0) is 16.1 Å². The van der Waals surface area contributed by atoms with Crippen molar-refractivity contribution >= 4 is 17.9 Å². The van der Waals surface area contributed by atoms with E-state index in [-0.39, 0.29) is 17.7 Å². The molecule has 2 fully saturated rings. The molecule has 6 nitrogen and oxygen atoms in total. The van der Waals surface area contributed by atoms with Crippen molar-refractivity contribution in [2.24, 2.45) is 5.92 Å². The van der Waals surface area contributed by atoms with Crippen LogP contribution in [0.2, 0.25) is 0 Å². The maximum atomic E-state index is 12.6. The summed E-state index contributed by atoms with van der Waals surface area (Å²) in [7, 11) is 0. The number of nitrogens with zero attached hydrogens (tertiary/aromatic N) is 3. The fourth-order valence-electron chi connectivity index (χ4n) is 3.80. The van der Waals surface area contributed by atoms with Crippen molar-refractivity contribution in [3.63, 3.8) is 0 Å². The highest BCUT2D eigenvalue weighted by Crippen LogP contribution is 2.31. The van der Waals surface area contributed by atoms with Gasteiger partial charge in [-0.05, 0) is 56.5 Å². The zero-order valence-electron chi connectivity index (χ0n) is 16.6. The number of rotatable bonds is 5. The average Bonchev–Trinajstić information content (AvgIpc) is 3.37. The normalized spacial score (nSPS) is 17.5. The zero-order chi connectivity index (χ0) is 19.7. The van der Waals surface area contributed by atoms with E-state index < -0.39 is 0 Å². The maximum absolute atomic E-state index is 12.6. The Labute approximate surface area is 165 Å². The molecule has 2 aliphatic rings. The fourth-order valence-corrected chi connectivity index (χ4v) is 3.80. The predicted molar refractivity (Wildman–Crippen MR) is 107 cm³/mol. The van der Waals surface area contributed by atoms with Gasteiger partial charge in [-0.1, -0.05) is 0 Å². The van der Waals surface area contributed by atoms with E-state index in [1.807, 2.05) is 28.0 Å². The number of carbonyl (C=O) groups excluding carboxylic acids is 2. The van der Waals surface area contributed by atoms with Gasteiger partial charge in [-0.25, -0.2) is 0 Å². The van der Waals surface area contributed by atoms with E-state index in [2.05, 4.69) is 24.5 Å². The Hall–Kier alpha value is -2.76. The smallest absolute Gasteiger partial charge is 0.246 e. The number of aromatic nitrogens is 1. The molecule has 1 aliphatic carbocycles. The minimum atomic E-state index is 0.00867. The molecule has 0 N–H and O–H groups in total. The van der Waals surface area contributed by atoms with Crippen LogP contribution in [0.5, 0.6) is 0 Å². The number of hydrogen-bond acceptors (Lipinski definition) is 3. The molecule has 0 aromatic carbocycles. The summed E-state index contributed by atoms with van der Waals surface area (Å²) in [4.78, 5) is 28.4. The molecule has 2 aromatic rings. The molecule has 2 aromatic heterocycles. The first-order chi connectivity index (χ1) is 13.5. The van der Waals surface area contributed by atoms with Gasteiger partial charge in [0.25, 0.3) is 0 Å².